The lowest BCUT2D eigenvalue weighted by Gasteiger charge is -2.30. The van der Waals surface area contributed by atoms with Crippen LogP contribution in [0, 0.1) is 6.92 Å². The number of rotatable bonds is 3. The second-order valence-corrected chi connectivity index (χ2v) is 5.35. The lowest BCUT2D eigenvalue weighted by Crippen LogP contribution is -2.32. The largest absolute Gasteiger partial charge is 0.495 e. The minimum Gasteiger partial charge on any atom is -0.495 e. The number of hydrogen-bond acceptors (Lipinski definition) is 2. The zero-order chi connectivity index (χ0) is 12.5. The highest BCUT2D eigenvalue weighted by Gasteiger charge is 2.37. The highest BCUT2D eigenvalue weighted by Crippen LogP contribution is 2.46. The number of methoxy groups -OCH3 is 1. The Morgan fingerprint density at radius 1 is 1.35 bits per heavy atom. The molecule has 1 aliphatic carbocycles. The number of benzene rings is 1. The molecule has 0 bridgehead atoms. The number of nitrogens with two attached hydrogens (primary N) is 1. The first kappa shape index (κ1) is 12.7. The van der Waals surface area contributed by atoms with Gasteiger partial charge >= 0.3 is 0 Å². The Bertz CT molecular complexity index is 411. The number of ether oxygens (including phenoxy) is 1. The molecule has 0 aliphatic heterocycles. The molecule has 2 rings (SSSR count). The molecule has 0 atom stereocenters. The monoisotopic (exact) mass is 253 g/mol. The van der Waals surface area contributed by atoms with E-state index >= 15 is 0 Å². The summed E-state index contributed by atoms with van der Waals surface area (Å²) in [6.45, 7) is 2.67. The van der Waals surface area contributed by atoms with E-state index in [0.29, 0.717) is 6.54 Å². The van der Waals surface area contributed by atoms with Gasteiger partial charge in [-0.1, -0.05) is 36.6 Å². The third-order valence-corrected chi connectivity index (χ3v) is 4.49. The third-order valence-electron chi connectivity index (χ3n) is 4.02. The van der Waals surface area contributed by atoms with E-state index < -0.39 is 0 Å². The molecule has 0 aromatic heterocycles. The maximum absolute atomic E-state index is 6.33. The van der Waals surface area contributed by atoms with E-state index in [1.54, 1.807) is 7.11 Å². The van der Waals surface area contributed by atoms with Crippen LogP contribution in [0.3, 0.4) is 0 Å². The molecule has 1 fully saturated rings. The zero-order valence-corrected chi connectivity index (χ0v) is 11.3. The van der Waals surface area contributed by atoms with E-state index in [1.807, 2.05) is 6.92 Å². The van der Waals surface area contributed by atoms with Crippen LogP contribution in [0.15, 0.2) is 12.1 Å². The standard InChI is InChI=1S/C14H20ClNO/c1-10-5-6-11(13(17-2)12(10)15)14(9-16)7-3-4-8-14/h5-6H,3-4,7-9,16H2,1-2H3. The molecular formula is C14H20ClNO. The lowest BCUT2D eigenvalue weighted by atomic mass is 9.78. The molecule has 2 nitrogen and oxygen atoms in total. The van der Waals surface area contributed by atoms with Crippen LogP contribution in [-0.4, -0.2) is 13.7 Å². The van der Waals surface area contributed by atoms with Crippen molar-refractivity contribution < 1.29 is 4.74 Å². The van der Waals surface area contributed by atoms with Crippen molar-refractivity contribution in [2.24, 2.45) is 5.73 Å². The van der Waals surface area contributed by atoms with Crippen LogP contribution in [0.25, 0.3) is 0 Å². The summed E-state index contributed by atoms with van der Waals surface area (Å²) in [5, 5.41) is 0.727. The Balaban J connectivity index is 2.54. The fraction of sp³-hybridized carbons (Fsp3) is 0.571. The minimum absolute atomic E-state index is 0.0721. The quantitative estimate of drug-likeness (QED) is 0.896. The molecular weight excluding hydrogens is 234 g/mol. The van der Waals surface area contributed by atoms with Gasteiger partial charge in [0, 0.05) is 17.5 Å². The molecule has 3 heteroatoms. The summed E-state index contributed by atoms with van der Waals surface area (Å²) < 4.78 is 5.51. The lowest BCUT2D eigenvalue weighted by molar-refractivity contribution is 0.377. The molecule has 1 aromatic rings. The first-order chi connectivity index (χ1) is 8.14. The van der Waals surface area contributed by atoms with Crippen molar-refractivity contribution in [1.29, 1.82) is 0 Å². The Kier molecular flexibility index (Phi) is 3.64. The summed E-state index contributed by atoms with van der Waals surface area (Å²) in [4.78, 5) is 0. The Labute approximate surface area is 108 Å². The van der Waals surface area contributed by atoms with Gasteiger partial charge in [-0.05, 0) is 25.3 Å². The van der Waals surface area contributed by atoms with Crippen LogP contribution in [0.1, 0.15) is 36.8 Å². The molecule has 0 spiro atoms. The van der Waals surface area contributed by atoms with E-state index in [1.165, 1.54) is 18.4 Å². The van der Waals surface area contributed by atoms with E-state index in [9.17, 15) is 0 Å². The van der Waals surface area contributed by atoms with Crippen molar-refractivity contribution >= 4 is 11.6 Å². The second kappa shape index (κ2) is 4.87. The average Bonchev–Trinajstić information content (AvgIpc) is 2.82. The van der Waals surface area contributed by atoms with Gasteiger partial charge in [0.05, 0.1) is 12.1 Å². The van der Waals surface area contributed by atoms with Crippen LogP contribution in [0.5, 0.6) is 5.75 Å². The molecule has 17 heavy (non-hydrogen) atoms. The molecule has 1 saturated carbocycles. The Morgan fingerprint density at radius 3 is 2.53 bits per heavy atom. The maximum atomic E-state index is 6.33. The van der Waals surface area contributed by atoms with Crippen molar-refractivity contribution in [3.8, 4) is 5.75 Å². The highest BCUT2D eigenvalue weighted by molar-refractivity contribution is 6.33. The van der Waals surface area contributed by atoms with Gasteiger partial charge in [-0.15, -0.1) is 0 Å². The smallest absolute Gasteiger partial charge is 0.141 e. The van der Waals surface area contributed by atoms with E-state index in [-0.39, 0.29) is 5.41 Å². The number of aryl methyl sites for hydroxylation is 1. The maximum Gasteiger partial charge on any atom is 0.141 e. The van der Waals surface area contributed by atoms with Crippen molar-refractivity contribution in [1.82, 2.24) is 0 Å². The SMILES string of the molecule is COc1c(C2(CN)CCCC2)ccc(C)c1Cl. The number of halogens is 1. The number of hydrogen-bond donors (Lipinski definition) is 1. The normalized spacial score (nSPS) is 18.4. The molecule has 0 saturated heterocycles. The summed E-state index contributed by atoms with van der Waals surface area (Å²) >= 11 is 6.33. The van der Waals surface area contributed by atoms with Gasteiger partial charge in [-0.3, -0.25) is 0 Å². The van der Waals surface area contributed by atoms with Crippen LogP contribution in [-0.2, 0) is 5.41 Å². The van der Waals surface area contributed by atoms with Gasteiger partial charge in [0.15, 0.2) is 0 Å². The molecule has 0 heterocycles. The average molecular weight is 254 g/mol. The summed E-state index contributed by atoms with van der Waals surface area (Å²) in [6, 6.07) is 4.20. The molecule has 94 valence electrons. The first-order valence-corrected chi connectivity index (χ1v) is 6.56. The van der Waals surface area contributed by atoms with Crippen LogP contribution in [0.4, 0.5) is 0 Å². The van der Waals surface area contributed by atoms with Gasteiger partial charge in [0.1, 0.15) is 5.75 Å². The predicted octanol–water partition coefficient (Wildman–Crippen LogP) is 3.43. The van der Waals surface area contributed by atoms with Crippen LogP contribution >= 0.6 is 11.6 Å². The molecule has 0 radical (unpaired) electrons. The van der Waals surface area contributed by atoms with Crippen molar-refractivity contribution in [2.45, 2.75) is 38.0 Å². The van der Waals surface area contributed by atoms with Gasteiger partial charge in [0.25, 0.3) is 0 Å². The van der Waals surface area contributed by atoms with Crippen LogP contribution < -0.4 is 10.5 Å². The minimum atomic E-state index is 0.0721. The van der Waals surface area contributed by atoms with Crippen molar-refractivity contribution in [3.05, 3.63) is 28.3 Å². The fourth-order valence-corrected chi connectivity index (χ4v) is 3.15. The fourth-order valence-electron chi connectivity index (χ4n) is 2.91. The van der Waals surface area contributed by atoms with Crippen molar-refractivity contribution in [2.75, 3.05) is 13.7 Å². The third kappa shape index (κ3) is 2.04. The van der Waals surface area contributed by atoms with Gasteiger partial charge in [-0.2, -0.15) is 0 Å². The topological polar surface area (TPSA) is 35.2 Å². The van der Waals surface area contributed by atoms with E-state index in [4.69, 9.17) is 22.1 Å². The molecule has 0 unspecified atom stereocenters. The summed E-state index contributed by atoms with van der Waals surface area (Å²) in [5.41, 5.74) is 8.33. The highest BCUT2D eigenvalue weighted by atomic mass is 35.5. The first-order valence-electron chi connectivity index (χ1n) is 6.18. The van der Waals surface area contributed by atoms with Gasteiger partial charge in [0.2, 0.25) is 0 Å². The Morgan fingerprint density at radius 2 is 2.00 bits per heavy atom. The molecule has 0 amide bonds. The summed E-state index contributed by atoms with van der Waals surface area (Å²) in [7, 11) is 1.68. The van der Waals surface area contributed by atoms with Crippen LogP contribution in [0.2, 0.25) is 5.02 Å². The predicted molar refractivity (Wildman–Crippen MR) is 71.9 cm³/mol. The second-order valence-electron chi connectivity index (χ2n) is 4.97. The summed E-state index contributed by atoms with van der Waals surface area (Å²) in [5.74, 6) is 0.819. The van der Waals surface area contributed by atoms with Gasteiger partial charge in [-0.25, -0.2) is 0 Å². The molecule has 2 N–H and O–H groups in total. The van der Waals surface area contributed by atoms with Crippen molar-refractivity contribution in [3.63, 3.8) is 0 Å². The molecule has 1 aliphatic rings. The zero-order valence-electron chi connectivity index (χ0n) is 10.6. The Hall–Kier alpha value is -0.730. The molecule has 1 aromatic carbocycles. The summed E-state index contributed by atoms with van der Waals surface area (Å²) in [6.07, 6.45) is 4.76. The van der Waals surface area contributed by atoms with E-state index in [0.717, 1.165) is 29.2 Å². The van der Waals surface area contributed by atoms with Gasteiger partial charge < -0.3 is 10.5 Å². The van der Waals surface area contributed by atoms with E-state index in [2.05, 4.69) is 12.1 Å².